The third-order valence-electron chi connectivity index (χ3n) is 0.270. The van der Waals surface area contributed by atoms with E-state index in [0.29, 0.717) is 0 Å². The van der Waals surface area contributed by atoms with E-state index in [1.165, 1.54) is 6.33 Å². The predicted molar refractivity (Wildman–Crippen MR) is 30.4 cm³/mol. The van der Waals surface area contributed by atoms with Crippen LogP contribution in [0.4, 0.5) is 0 Å². The summed E-state index contributed by atoms with van der Waals surface area (Å²) in [5.41, 5.74) is 0. The molecule has 58 valence electrons. The van der Waals surface area contributed by atoms with Gasteiger partial charge in [0.25, 0.3) is 0 Å². The summed E-state index contributed by atoms with van der Waals surface area (Å²) in [4.78, 5) is 8.58. The number of H-pyrrole nitrogens is 1. The van der Waals surface area contributed by atoms with Crippen molar-refractivity contribution in [3.05, 3.63) is 16.4 Å². The van der Waals surface area contributed by atoms with Crippen LogP contribution < -0.4 is 12.0 Å². The van der Waals surface area contributed by atoms with Gasteiger partial charge in [0.15, 0.2) is 11.4 Å². The Morgan fingerprint density at radius 1 is 1.70 bits per heavy atom. The van der Waals surface area contributed by atoms with Crippen LogP contribution in [0.3, 0.4) is 0 Å². The van der Waals surface area contributed by atoms with Crippen LogP contribution in [-0.4, -0.2) is 25.7 Å². The first-order chi connectivity index (χ1) is 4.23. The Hall–Kier alpha value is -1.77. The Bertz CT molecular complexity index is 125. The maximum absolute atomic E-state index is 8.58. The molecule has 6 N–H and O–H groups in total. The molecule has 0 amide bonds. The molecule has 1 heterocycles. The Morgan fingerprint density at radius 2 is 2.20 bits per heavy atom. The van der Waals surface area contributed by atoms with Crippen molar-refractivity contribution in [2.45, 2.75) is 0 Å². The van der Waals surface area contributed by atoms with Crippen LogP contribution in [0.1, 0.15) is 0 Å². The molecule has 0 saturated heterocycles. The highest BCUT2D eigenvalue weighted by atomic mass is 16.7. The zero-order valence-electron chi connectivity index (χ0n) is 4.97. The lowest BCUT2D eigenvalue weighted by Crippen LogP contribution is -2.04. The molecule has 0 saturated carbocycles. The van der Waals surface area contributed by atoms with Gasteiger partial charge in [0.05, 0.1) is 0 Å². The van der Waals surface area contributed by atoms with Crippen molar-refractivity contribution in [1.82, 2.24) is 26.8 Å². The summed E-state index contributed by atoms with van der Waals surface area (Å²) < 4.78 is 0. The van der Waals surface area contributed by atoms with Gasteiger partial charge in [0, 0.05) is 0 Å². The molecule has 1 rings (SSSR count). The monoisotopic (exact) mass is 149 g/mol. The molecule has 0 bridgehead atoms. The standard InChI is InChI=1S/CH2N4.H2N2O2.H3N/c1-2-4-5-3-1;1-2(3)4;/h1H,(H,2,3,4,5);1H2;1H3. The predicted octanol–water partition coefficient (Wildman–Crippen LogP) is -1.50. The number of hydrogen-bond acceptors (Lipinski definition) is 6. The van der Waals surface area contributed by atoms with Crippen LogP contribution in [0.5, 0.6) is 0 Å². The maximum Gasteiger partial charge on any atom is 0.161 e. The fourth-order valence-corrected chi connectivity index (χ4v) is 0.129. The van der Waals surface area contributed by atoms with E-state index in [1.807, 2.05) is 0 Å². The van der Waals surface area contributed by atoms with Crippen LogP contribution in [-0.2, 0) is 0 Å². The second-order valence-corrected chi connectivity index (χ2v) is 0.845. The van der Waals surface area contributed by atoms with Crippen molar-refractivity contribution in [3.63, 3.8) is 0 Å². The summed E-state index contributed by atoms with van der Waals surface area (Å²) in [6.45, 7) is 0. The lowest BCUT2D eigenvalue weighted by Gasteiger charge is -1.61. The molecule has 0 aliphatic heterocycles. The number of nitrogens with two attached hydrogens (primary N) is 1. The first kappa shape index (κ1) is 11.1. The number of rotatable bonds is 0. The fourth-order valence-electron chi connectivity index (χ4n) is 0.129. The van der Waals surface area contributed by atoms with Gasteiger partial charge in [-0.05, 0) is 0 Å². The highest BCUT2D eigenvalue weighted by Gasteiger charge is 1.58. The second kappa shape index (κ2) is 7.23. The average Bonchev–Trinajstić information content (AvgIpc) is 2.11. The molecular weight excluding hydrogens is 142 g/mol. The zero-order valence-corrected chi connectivity index (χ0v) is 4.97. The molecule has 0 radical (unpaired) electrons. The van der Waals surface area contributed by atoms with Gasteiger partial charge < -0.3 is 6.15 Å². The quantitative estimate of drug-likeness (QED) is 0.230. The first-order valence-electron chi connectivity index (χ1n) is 1.79. The van der Waals surface area contributed by atoms with Crippen LogP contribution in [0, 0.1) is 10.1 Å². The Morgan fingerprint density at radius 3 is 2.30 bits per heavy atom. The molecule has 0 atom stereocenters. The largest absolute Gasteiger partial charge is 0.344 e. The van der Waals surface area contributed by atoms with Crippen molar-refractivity contribution < 1.29 is 5.03 Å². The van der Waals surface area contributed by atoms with Gasteiger partial charge >= 0.3 is 0 Å². The van der Waals surface area contributed by atoms with Gasteiger partial charge in [0.1, 0.15) is 0 Å². The smallest absolute Gasteiger partial charge is 0.161 e. The minimum atomic E-state index is -1.00. The van der Waals surface area contributed by atoms with Gasteiger partial charge in [-0.2, -0.15) is 11.1 Å². The maximum atomic E-state index is 8.58. The van der Waals surface area contributed by atoms with Crippen LogP contribution >= 0.6 is 0 Å². The topological polar surface area (TPSA) is 159 Å². The van der Waals surface area contributed by atoms with Crippen molar-refractivity contribution in [1.29, 1.82) is 0 Å². The molecule has 0 spiro atoms. The van der Waals surface area contributed by atoms with E-state index in [2.05, 4.69) is 26.5 Å². The van der Waals surface area contributed by atoms with E-state index in [-0.39, 0.29) is 6.15 Å². The van der Waals surface area contributed by atoms with E-state index in [4.69, 9.17) is 10.1 Å². The van der Waals surface area contributed by atoms with Crippen LogP contribution in [0.2, 0.25) is 0 Å². The SMILES string of the molecule is N.N[N+](=O)[O-].c1nn[nH]n1. The van der Waals surface area contributed by atoms with Crippen molar-refractivity contribution in [2.75, 3.05) is 0 Å². The fraction of sp³-hybridized carbons (Fsp3) is 0. The van der Waals surface area contributed by atoms with Gasteiger partial charge in [-0.15, -0.1) is 10.2 Å². The normalized spacial score (nSPS) is 6.40. The number of aromatic nitrogens is 4. The number of hydrogen-bond donors (Lipinski definition) is 3. The van der Waals surface area contributed by atoms with Gasteiger partial charge in [-0.3, -0.25) is 0 Å². The number of nitro groups is 1. The molecule has 0 fully saturated rings. The van der Waals surface area contributed by atoms with E-state index >= 15 is 0 Å². The van der Waals surface area contributed by atoms with Crippen molar-refractivity contribution in [2.24, 2.45) is 5.84 Å². The molecule has 10 heavy (non-hydrogen) atoms. The van der Waals surface area contributed by atoms with E-state index < -0.39 is 5.03 Å². The van der Waals surface area contributed by atoms with Gasteiger partial charge in [-0.1, -0.05) is 5.21 Å². The van der Waals surface area contributed by atoms with E-state index in [9.17, 15) is 0 Å². The summed E-state index contributed by atoms with van der Waals surface area (Å²) >= 11 is 0. The number of tetrazole rings is 1. The third kappa shape index (κ3) is 16.3. The third-order valence-corrected chi connectivity index (χ3v) is 0.270. The minimum absolute atomic E-state index is 0. The second-order valence-electron chi connectivity index (χ2n) is 0.845. The summed E-state index contributed by atoms with van der Waals surface area (Å²) in [5.74, 6) is 3.83. The molecule has 0 unspecified atom stereocenters. The molecule has 0 aromatic carbocycles. The Balaban J connectivity index is 0. The molecule has 9 nitrogen and oxygen atoms in total. The first-order valence-corrected chi connectivity index (χ1v) is 1.79. The molecule has 1 aromatic rings. The Labute approximate surface area is 55.3 Å². The number of hydrazine groups is 1. The number of nitrogens with zero attached hydrogens (tertiary/aromatic N) is 4. The summed E-state index contributed by atoms with van der Waals surface area (Å²) in [7, 11) is 0. The molecule has 9 heteroatoms. The van der Waals surface area contributed by atoms with Crippen molar-refractivity contribution in [3.8, 4) is 0 Å². The number of aromatic amines is 1. The summed E-state index contributed by atoms with van der Waals surface area (Å²) in [6, 6.07) is 0. The lowest BCUT2D eigenvalue weighted by molar-refractivity contribution is -0.491. The van der Waals surface area contributed by atoms with E-state index in [0.717, 1.165) is 0 Å². The molecular formula is CH7N7O2. The van der Waals surface area contributed by atoms with Crippen molar-refractivity contribution >= 4 is 0 Å². The lowest BCUT2D eigenvalue weighted by atomic mass is 11.4. The zero-order chi connectivity index (χ0) is 7.11. The molecule has 1 aromatic heterocycles. The Kier molecular flexibility index (Phi) is 8.01. The summed E-state index contributed by atoms with van der Waals surface area (Å²) in [6.07, 6.45) is 1.33. The average molecular weight is 149 g/mol. The highest BCUT2D eigenvalue weighted by Crippen LogP contribution is 1.43. The molecule has 0 aliphatic rings. The van der Waals surface area contributed by atoms with Crippen LogP contribution in [0.25, 0.3) is 0 Å². The summed E-state index contributed by atoms with van der Waals surface area (Å²) in [5, 5.41) is 19.8. The molecule has 0 aliphatic carbocycles. The number of nitrogens with one attached hydrogen (secondary N) is 1. The highest BCUT2D eigenvalue weighted by molar-refractivity contribution is 4.24. The minimum Gasteiger partial charge on any atom is -0.344 e. The van der Waals surface area contributed by atoms with Gasteiger partial charge in [-0.25, -0.2) is 10.1 Å². The van der Waals surface area contributed by atoms with E-state index in [1.54, 1.807) is 0 Å². The van der Waals surface area contributed by atoms with Gasteiger partial charge in [0.2, 0.25) is 0 Å². The van der Waals surface area contributed by atoms with Crippen LogP contribution in [0.15, 0.2) is 6.33 Å².